The zero-order valence-corrected chi connectivity index (χ0v) is 12.0. The molecule has 0 saturated heterocycles. The number of imidazole rings is 1. The second kappa shape index (κ2) is 5.17. The Morgan fingerprint density at radius 3 is 2.96 bits per heavy atom. The standard InChI is InChI=1S/C17H13N3O3/c21-11-6-5-10-7-15(23-14(10)8-11)17(22)18-9-16-19-12-3-1-2-4-13(12)20-16/h1-8,21H,9H2,(H,18,22)(H,19,20). The molecule has 2 aromatic carbocycles. The van der Waals surface area contributed by atoms with Gasteiger partial charge >= 0.3 is 0 Å². The minimum atomic E-state index is -0.332. The van der Waals surface area contributed by atoms with Crippen molar-refractivity contribution < 1.29 is 14.3 Å². The molecule has 0 fully saturated rings. The molecule has 2 aromatic heterocycles. The molecule has 0 saturated carbocycles. The molecule has 0 atom stereocenters. The Balaban J connectivity index is 1.52. The van der Waals surface area contributed by atoms with Gasteiger partial charge < -0.3 is 19.8 Å². The minimum absolute atomic E-state index is 0.0982. The van der Waals surface area contributed by atoms with Gasteiger partial charge in [0.15, 0.2) is 5.76 Å². The summed E-state index contributed by atoms with van der Waals surface area (Å²) in [6, 6.07) is 14.0. The first-order chi connectivity index (χ1) is 11.2. The molecule has 6 heteroatoms. The predicted molar refractivity (Wildman–Crippen MR) is 85.1 cm³/mol. The number of rotatable bonds is 3. The van der Waals surface area contributed by atoms with Crippen molar-refractivity contribution in [2.75, 3.05) is 0 Å². The SMILES string of the molecule is O=C(NCc1nc2ccccc2[nH]1)c1cc2ccc(O)cc2o1. The molecule has 0 aliphatic rings. The topological polar surface area (TPSA) is 91.2 Å². The Bertz CT molecular complexity index is 983. The van der Waals surface area contributed by atoms with E-state index in [1.165, 1.54) is 6.07 Å². The largest absolute Gasteiger partial charge is 0.508 e. The normalized spacial score (nSPS) is 11.1. The molecule has 0 aliphatic carbocycles. The molecule has 4 rings (SSSR count). The summed E-state index contributed by atoms with van der Waals surface area (Å²) in [5.74, 6) is 0.636. The van der Waals surface area contributed by atoms with E-state index in [0.29, 0.717) is 11.4 Å². The highest BCUT2D eigenvalue weighted by Gasteiger charge is 2.13. The molecular formula is C17H13N3O3. The van der Waals surface area contributed by atoms with Crippen LogP contribution in [0.25, 0.3) is 22.0 Å². The van der Waals surface area contributed by atoms with Crippen LogP contribution in [-0.4, -0.2) is 21.0 Å². The number of fused-ring (bicyclic) bond motifs is 2. The Kier molecular flexibility index (Phi) is 3.01. The maximum atomic E-state index is 12.2. The van der Waals surface area contributed by atoms with Gasteiger partial charge in [0.1, 0.15) is 17.2 Å². The van der Waals surface area contributed by atoms with Crippen LogP contribution < -0.4 is 5.32 Å². The Labute approximate surface area is 130 Å². The van der Waals surface area contributed by atoms with Gasteiger partial charge in [-0.05, 0) is 30.3 Å². The van der Waals surface area contributed by atoms with Gasteiger partial charge in [0, 0.05) is 11.5 Å². The van der Waals surface area contributed by atoms with Gasteiger partial charge in [-0.15, -0.1) is 0 Å². The van der Waals surface area contributed by atoms with Crippen molar-refractivity contribution in [1.29, 1.82) is 0 Å². The average Bonchev–Trinajstić information content (AvgIpc) is 3.15. The van der Waals surface area contributed by atoms with Crippen LogP contribution in [0.15, 0.2) is 52.9 Å². The molecule has 0 spiro atoms. The fourth-order valence-corrected chi connectivity index (χ4v) is 2.47. The molecule has 6 nitrogen and oxygen atoms in total. The van der Waals surface area contributed by atoms with Crippen molar-refractivity contribution in [3.63, 3.8) is 0 Å². The first-order valence-electron chi connectivity index (χ1n) is 7.13. The number of furan rings is 1. The van der Waals surface area contributed by atoms with Crippen molar-refractivity contribution in [1.82, 2.24) is 15.3 Å². The third-order valence-electron chi connectivity index (χ3n) is 3.58. The number of nitrogens with one attached hydrogen (secondary N) is 2. The molecule has 1 amide bonds. The lowest BCUT2D eigenvalue weighted by atomic mass is 10.2. The molecule has 114 valence electrons. The van der Waals surface area contributed by atoms with Crippen LogP contribution in [0.4, 0.5) is 0 Å². The summed E-state index contributed by atoms with van der Waals surface area (Å²) in [6.07, 6.45) is 0. The van der Waals surface area contributed by atoms with Gasteiger partial charge in [0.2, 0.25) is 0 Å². The number of H-pyrrole nitrogens is 1. The number of aromatic amines is 1. The Morgan fingerprint density at radius 2 is 2.09 bits per heavy atom. The summed E-state index contributed by atoms with van der Waals surface area (Å²) < 4.78 is 5.46. The minimum Gasteiger partial charge on any atom is -0.508 e. The maximum absolute atomic E-state index is 12.2. The van der Waals surface area contributed by atoms with Crippen LogP contribution in [0.1, 0.15) is 16.4 Å². The number of phenolic OH excluding ortho intramolecular Hbond substituents is 1. The molecule has 0 radical (unpaired) electrons. The molecule has 4 aromatic rings. The van der Waals surface area contributed by atoms with Crippen molar-refractivity contribution in [2.24, 2.45) is 0 Å². The van der Waals surface area contributed by atoms with E-state index in [4.69, 9.17) is 4.42 Å². The summed E-state index contributed by atoms with van der Waals surface area (Å²) >= 11 is 0. The first-order valence-corrected chi connectivity index (χ1v) is 7.13. The second-order valence-electron chi connectivity index (χ2n) is 5.22. The Morgan fingerprint density at radius 1 is 1.22 bits per heavy atom. The van der Waals surface area contributed by atoms with E-state index < -0.39 is 0 Å². The van der Waals surface area contributed by atoms with Crippen LogP contribution in [0.3, 0.4) is 0 Å². The van der Waals surface area contributed by atoms with Gasteiger partial charge in [0.05, 0.1) is 17.6 Å². The van der Waals surface area contributed by atoms with E-state index in [1.807, 2.05) is 24.3 Å². The van der Waals surface area contributed by atoms with Gasteiger partial charge in [-0.3, -0.25) is 4.79 Å². The number of aromatic nitrogens is 2. The number of hydrogen-bond donors (Lipinski definition) is 3. The van der Waals surface area contributed by atoms with Crippen LogP contribution in [0.2, 0.25) is 0 Å². The number of nitrogens with zero attached hydrogens (tertiary/aromatic N) is 1. The van der Waals surface area contributed by atoms with Crippen molar-refractivity contribution in [2.45, 2.75) is 6.54 Å². The number of amides is 1. The lowest BCUT2D eigenvalue weighted by molar-refractivity contribution is 0.0924. The lowest BCUT2D eigenvalue weighted by Gasteiger charge is -1.99. The number of benzene rings is 2. The third kappa shape index (κ3) is 2.50. The predicted octanol–water partition coefficient (Wildman–Crippen LogP) is 2.94. The van der Waals surface area contributed by atoms with Gasteiger partial charge in [-0.1, -0.05) is 12.1 Å². The van der Waals surface area contributed by atoms with Gasteiger partial charge in [-0.25, -0.2) is 4.98 Å². The number of phenols is 1. The molecule has 2 heterocycles. The summed E-state index contributed by atoms with van der Waals surface area (Å²) in [5.41, 5.74) is 2.26. The highest BCUT2D eigenvalue weighted by Crippen LogP contribution is 2.23. The highest BCUT2D eigenvalue weighted by atomic mass is 16.3. The van der Waals surface area contributed by atoms with E-state index in [-0.39, 0.29) is 24.0 Å². The lowest BCUT2D eigenvalue weighted by Crippen LogP contribution is -2.22. The number of carbonyl (C=O) groups is 1. The molecule has 0 bridgehead atoms. The van der Waals surface area contributed by atoms with Crippen molar-refractivity contribution >= 4 is 27.9 Å². The quantitative estimate of drug-likeness (QED) is 0.542. The maximum Gasteiger partial charge on any atom is 0.287 e. The molecule has 3 N–H and O–H groups in total. The monoisotopic (exact) mass is 307 g/mol. The van der Waals surface area contributed by atoms with Crippen molar-refractivity contribution in [3.05, 3.63) is 60.1 Å². The van der Waals surface area contributed by atoms with Crippen LogP contribution >= 0.6 is 0 Å². The number of para-hydroxylation sites is 2. The van der Waals surface area contributed by atoms with E-state index in [0.717, 1.165) is 16.4 Å². The number of aromatic hydroxyl groups is 1. The third-order valence-corrected chi connectivity index (χ3v) is 3.58. The van der Waals surface area contributed by atoms with Crippen LogP contribution in [0, 0.1) is 0 Å². The number of hydrogen-bond acceptors (Lipinski definition) is 4. The second-order valence-corrected chi connectivity index (χ2v) is 5.22. The van der Waals surface area contributed by atoms with Crippen molar-refractivity contribution in [3.8, 4) is 5.75 Å². The zero-order valence-electron chi connectivity index (χ0n) is 12.0. The van der Waals surface area contributed by atoms with Crippen LogP contribution in [0.5, 0.6) is 5.75 Å². The average molecular weight is 307 g/mol. The Hall–Kier alpha value is -3.28. The fraction of sp³-hybridized carbons (Fsp3) is 0.0588. The fourth-order valence-electron chi connectivity index (χ4n) is 2.47. The molecule has 0 aliphatic heterocycles. The summed E-state index contributed by atoms with van der Waals surface area (Å²) in [5, 5.41) is 12.9. The molecule has 0 unspecified atom stereocenters. The highest BCUT2D eigenvalue weighted by molar-refractivity contribution is 5.96. The summed E-state index contributed by atoms with van der Waals surface area (Å²) in [7, 11) is 0. The van der Waals surface area contributed by atoms with E-state index >= 15 is 0 Å². The first kappa shape index (κ1) is 13.4. The van der Waals surface area contributed by atoms with Crippen LogP contribution in [-0.2, 0) is 6.54 Å². The van der Waals surface area contributed by atoms with E-state index in [1.54, 1.807) is 18.2 Å². The molecule has 23 heavy (non-hydrogen) atoms. The summed E-state index contributed by atoms with van der Waals surface area (Å²) in [6.45, 7) is 0.274. The number of carbonyl (C=O) groups excluding carboxylic acids is 1. The van der Waals surface area contributed by atoms with E-state index in [2.05, 4.69) is 15.3 Å². The van der Waals surface area contributed by atoms with Gasteiger partial charge in [0.25, 0.3) is 5.91 Å². The smallest absolute Gasteiger partial charge is 0.287 e. The van der Waals surface area contributed by atoms with E-state index in [9.17, 15) is 9.90 Å². The summed E-state index contributed by atoms with van der Waals surface area (Å²) in [4.78, 5) is 19.7. The van der Waals surface area contributed by atoms with Gasteiger partial charge in [-0.2, -0.15) is 0 Å². The molecular weight excluding hydrogens is 294 g/mol. The zero-order chi connectivity index (χ0) is 15.8.